The molecule has 19 heavy (non-hydrogen) atoms. The van der Waals surface area contributed by atoms with Gasteiger partial charge in [-0.25, -0.2) is 13.1 Å². The highest BCUT2D eigenvalue weighted by atomic mass is 32.2. The number of aryl methyl sites for hydroxylation is 1. The molecule has 6 heteroatoms. The molecule has 1 rings (SSSR count). The third-order valence-corrected chi connectivity index (χ3v) is 4.33. The van der Waals surface area contributed by atoms with E-state index in [1.807, 2.05) is 20.8 Å². The number of hydrogen-bond donors (Lipinski definition) is 1. The molecular formula is C13H25N3O2S. The van der Waals surface area contributed by atoms with E-state index < -0.39 is 10.0 Å². The Hall–Kier alpha value is -0.880. The number of unbranched alkanes of at least 4 members (excludes halogenated alkanes) is 2. The minimum Gasteiger partial charge on any atom is -0.274 e. The molecule has 0 aliphatic rings. The van der Waals surface area contributed by atoms with Gasteiger partial charge in [-0.2, -0.15) is 5.10 Å². The Morgan fingerprint density at radius 3 is 2.47 bits per heavy atom. The summed E-state index contributed by atoms with van der Waals surface area (Å²) in [5.74, 6) is 0. The van der Waals surface area contributed by atoms with Crippen LogP contribution >= 0.6 is 0 Å². The SMILES string of the molecule is CCCCCNS(=O)(=O)c1cn(C)nc1C(C)(C)C. The molecule has 1 aromatic rings. The summed E-state index contributed by atoms with van der Waals surface area (Å²) in [4.78, 5) is 0.291. The molecule has 0 amide bonds. The maximum atomic E-state index is 12.3. The molecule has 0 bridgehead atoms. The molecule has 0 radical (unpaired) electrons. The van der Waals surface area contributed by atoms with E-state index in [1.54, 1.807) is 17.9 Å². The Balaban J connectivity index is 2.95. The van der Waals surface area contributed by atoms with Crippen molar-refractivity contribution in [1.29, 1.82) is 0 Å². The lowest BCUT2D eigenvalue weighted by molar-refractivity contribution is 0.534. The van der Waals surface area contributed by atoms with Crippen LogP contribution in [0.2, 0.25) is 0 Å². The van der Waals surface area contributed by atoms with E-state index in [-0.39, 0.29) is 5.41 Å². The van der Waals surface area contributed by atoms with Gasteiger partial charge in [-0.1, -0.05) is 40.5 Å². The van der Waals surface area contributed by atoms with Gasteiger partial charge in [-0.3, -0.25) is 4.68 Å². The van der Waals surface area contributed by atoms with E-state index in [0.717, 1.165) is 19.3 Å². The van der Waals surface area contributed by atoms with Gasteiger partial charge in [0.2, 0.25) is 10.0 Å². The Kier molecular flexibility index (Phi) is 5.15. The molecule has 0 unspecified atom stereocenters. The zero-order valence-electron chi connectivity index (χ0n) is 12.5. The predicted molar refractivity (Wildman–Crippen MR) is 76.6 cm³/mol. The maximum Gasteiger partial charge on any atom is 0.243 e. The summed E-state index contributed by atoms with van der Waals surface area (Å²) in [6, 6.07) is 0. The first-order chi connectivity index (χ1) is 8.68. The summed E-state index contributed by atoms with van der Waals surface area (Å²) in [5.41, 5.74) is 0.312. The maximum absolute atomic E-state index is 12.3. The van der Waals surface area contributed by atoms with Crippen LogP contribution < -0.4 is 4.72 Å². The monoisotopic (exact) mass is 287 g/mol. The van der Waals surface area contributed by atoms with E-state index >= 15 is 0 Å². The van der Waals surface area contributed by atoms with Crippen molar-refractivity contribution in [2.45, 2.75) is 57.3 Å². The summed E-state index contributed by atoms with van der Waals surface area (Å²) in [6.45, 7) is 8.46. The molecular weight excluding hydrogens is 262 g/mol. The molecule has 0 aliphatic carbocycles. The van der Waals surface area contributed by atoms with Crippen LogP contribution in [0.4, 0.5) is 0 Å². The van der Waals surface area contributed by atoms with Crippen LogP contribution in [0.3, 0.4) is 0 Å². The Morgan fingerprint density at radius 1 is 1.32 bits per heavy atom. The van der Waals surface area contributed by atoms with E-state index in [9.17, 15) is 8.42 Å². The van der Waals surface area contributed by atoms with Gasteiger partial charge < -0.3 is 0 Å². The fraction of sp³-hybridized carbons (Fsp3) is 0.769. The summed E-state index contributed by atoms with van der Waals surface area (Å²) < 4.78 is 28.8. The van der Waals surface area contributed by atoms with Crippen molar-refractivity contribution in [3.63, 3.8) is 0 Å². The highest BCUT2D eigenvalue weighted by Crippen LogP contribution is 2.27. The molecule has 0 fully saturated rings. The molecule has 1 aromatic heterocycles. The van der Waals surface area contributed by atoms with Crippen molar-refractivity contribution in [3.05, 3.63) is 11.9 Å². The number of hydrogen-bond acceptors (Lipinski definition) is 3. The lowest BCUT2D eigenvalue weighted by Gasteiger charge is -2.17. The molecule has 0 aliphatic heterocycles. The van der Waals surface area contributed by atoms with Crippen LogP contribution in [-0.4, -0.2) is 24.7 Å². The van der Waals surface area contributed by atoms with Crippen molar-refractivity contribution in [3.8, 4) is 0 Å². The number of nitrogens with one attached hydrogen (secondary N) is 1. The molecule has 1 N–H and O–H groups in total. The smallest absolute Gasteiger partial charge is 0.243 e. The lowest BCUT2D eigenvalue weighted by Crippen LogP contribution is -2.27. The summed E-state index contributed by atoms with van der Waals surface area (Å²) in [6.07, 6.45) is 4.53. The molecule has 0 saturated carbocycles. The lowest BCUT2D eigenvalue weighted by atomic mass is 9.92. The minimum absolute atomic E-state index is 0.291. The first-order valence-corrected chi connectivity index (χ1v) is 8.20. The summed E-state index contributed by atoms with van der Waals surface area (Å²) in [7, 11) is -1.73. The molecule has 0 saturated heterocycles. The molecule has 0 spiro atoms. The third kappa shape index (κ3) is 4.31. The van der Waals surface area contributed by atoms with Gasteiger partial charge in [0.1, 0.15) is 4.90 Å². The Labute approximate surface area is 116 Å². The van der Waals surface area contributed by atoms with E-state index in [1.165, 1.54) is 0 Å². The second-order valence-electron chi connectivity index (χ2n) is 5.87. The number of sulfonamides is 1. The van der Waals surface area contributed by atoms with Crippen molar-refractivity contribution in [2.75, 3.05) is 6.54 Å². The van der Waals surface area contributed by atoms with Gasteiger partial charge >= 0.3 is 0 Å². The first-order valence-electron chi connectivity index (χ1n) is 6.72. The fourth-order valence-electron chi connectivity index (χ4n) is 1.84. The minimum atomic E-state index is -3.47. The molecule has 5 nitrogen and oxygen atoms in total. The van der Waals surface area contributed by atoms with Crippen LogP contribution in [0, 0.1) is 0 Å². The van der Waals surface area contributed by atoms with Crippen LogP contribution in [0.15, 0.2) is 11.1 Å². The fourth-order valence-corrected chi connectivity index (χ4v) is 3.30. The molecule has 1 heterocycles. The van der Waals surface area contributed by atoms with E-state index in [2.05, 4.69) is 16.7 Å². The second-order valence-corrected chi connectivity index (χ2v) is 7.61. The zero-order valence-corrected chi connectivity index (χ0v) is 13.3. The number of rotatable bonds is 6. The third-order valence-electron chi connectivity index (χ3n) is 2.87. The topological polar surface area (TPSA) is 64.0 Å². The molecule has 0 aromatic carbocycles. The average Bonchev–Trinajstić information content (AvgIpc) is 2.67. The Bertz CT molecular complexity index is 512. The van der Waals surface area contributed by atoms with Gasteiger partial charge in [0.25, 0.3) is 0 Å². The summed E-state index contributed by atoms with van der Waals surface area (Å²) >= 11 is 0. The first kappa shape index (κ1) is 16.2. The van der Waals surface area contributed by atoms with E-state index in [4.69, 9.17) is 0 Å². The zero-order chi connectivity index (χ0) is 14.7. The van der Waals surface area contributed by atoms with E-state index in [0.29, 0.717) is 17.1 Å². The van der Waals surface area contributed by atoms with Crippen LogP contribution in [-0.2, 0) is 22.5 Å². The number of aromatic nitrogens is 2. The van der Waals surface area contributed by atoms with Crippen molar-refractivity contribution >= 4 is 10.0 Å². The van der Waals surface area contributed by atoms with Crippen molar-refractivity contribution in [2.24, 2.45) is 7.05 Å². The quantitative estimate of drug-likeness (QED) is 0.816. The summed E-state index contributed by atoms with van der Waals surface area (Å²) in [5, 5.41) is 4.29. The molecule has 0 atom stereocenters. The van der Waals surface area contributed by atoms with Gasteiger partial charge in [0.15, 0.2) is 0 Å². The van der Waals surface area contributed by atoms with Crippen LogP contribution in [0.5, 0.6) is 0 Å². The Morgan fingerprint density at radius 2 is 1.95 bits per heavy atom. The second kappa shape index (κ2) is 6.05. The highest BCUT2D eigenvalue weighted by molar-refractivity contribution is 7.89. The highest BCUT2D eigenvalue weighted by Gasteiger charge is 2.29. The normalized spacial score (nSPS) is 12.9. The van der Waals surface area contributed by atoms with Gasteiger partial charge in [-0.05, 0) is 6.42 Å². The van der Waals surface area contributed by atoms with Gasteiger partial charge in [0, 0.05) is 25.2 Å². The number of nitrogens with zero attached hydrogens (tertiary/aromatic N) is 2. The van der Waals surface area contributed by atoms with Crippen molar-refractivity contribution < 1.29 is 8.42 Å². The predicted octanol–water partition coefficient (Wildman–Crippen LogP) is 2.19. The van der Waals surface area contributed by atoms with Crippen LogP contribution in [0.1, 0.15) is 52.7 Å². The average molecular weight is 287 g/mol. The van der Waals surface area contributed by atoms with Crippen molar-refractivity contribution in [1.82, 2.24) is 14.5 Å². The van der Waals surface area contributed by atoms with Gasteiger partial charge in [-0.15, -0.1) is 0 Å². The van der Waals surface area contributed by atoms with Gasteiger partial charge in [0.05, 0.1) is 5.69 Å². The van der Waals surface area contributed by atoms with Crippen LogP contribution in [0.25, 0.3) is 0 Å². The molecule has 110 valence electrons. The standard InChI is InChI=1S/C13H25N3O2S/c1-6-7-8-9-14-19(17,18)11-10-16(5)15-12(11)13(2,3)4/h10,14H,6-9H2,1-5H3. The largest absolute Gasteiger partial charge is 0.274 e.